The van der Waals surface area contributed by atoms with E-state index in [2.05, 4.69) is 33.0 Å². The minimum absolute atomic E-state index is 0.0222. The van der Waals surface area contributed by atoms with Gasteiger partial charge in [0, 0.05) is 50.9 Å². The van der Waals surface area contributed by atoms with Gasteiger partial charge in [0.15, 0.2) is 6.61 Å². The summed E-state index contributed by atoms with van der Waals surface area (Å²) in [6, 6.07) is 16.3. The lowest BCUT2D eigenvalue weighted by atomic mass is 10.0. The van der Waals surface area contributed by atoms with E-state index < -0.39 is 0 Å². The largest absolute Gasteiger partial charge is 0.497 e. The number of nitrogens with one attached hydrogen (secondary N) is 1. The molecule has 1 aromatic heterocycles. The van der Waals surface area contributed by atoms with Gasteiger partial charge in [-0.25, -0.2) is 0 Å². The molecular formula is C26H33N3O4. The zero-order valence-electron chi connectivity index (χ0n) is 19.5. The van der Waals surface area contributed by atoms with Gasteiger partial charge >= 0.3 is 0 Å². The summed E-state index contributed by atoms with van der Waals surface area (Å²) in [5.74, 6) is 1.54. The molecule has 1 N–H and O–H groups in total. The lowest BCUT2D eigenvalue weighted by Gasteiger charge is -2.32. The summed E-state index contributed by atoms with van der Waals surface area (Å²) >= 11 is 0. The Kier molecular flexibility index (Phi) is 7.86. The Morgan fingerprint density at radius 3 is 2.58 bits per heavy atom. The molecule has 0 bridgehead atoms. The number of hydrogen-bond acceptors (Lipinski definition) is 5. The standard InChI is InChI=1S/C26H33N3O4/c1-31-17-16-29-15-12-23-24(29)4-3-5-25(23)33-19-26(30)27-21-10-13-28(14-11-21)18-20-6-8-22(32-2)9-7-20/h3-9,12,15,21H,10-11,13-14,16-19H2,1-2H3,(H,27,30). The molecule has 0 saturated carbocycles. The molecule has 176 valence electrons. The minimum atomic E-state index is -0.0700. The van der Waals surface area contributed by atoms with E-state index in [0.29, 0.717) is 6.61 Å². The van der Waals surface area contributed by atoms with Crippen LogP contribution in [0, 0.1) is 0 Å². The molecule has 0 radical (unpaired) electrons. The number of amides is 1. The number of nitrogens with zero attached hydrogens (tertiary/aromatic N) is 2. The van der Waals surface area contributed by atoms with Crippen LogP contribution >= 0.6 is 0 Å². The Morgan fingerprint density at radius 2 is 1.85 bits per heavy atom. The summed E-state index contributed by atoms with van der Waals surface area (Å²) in [5, 5.41) is 4.15. The summed E-state index contributed by atoms with van der Waals surface area (Å²) < 4.78 is 18.4. The molecule has 1 amide bonds. The molecule has 0 atom stereocenters. The lowest BCUT2D eigenvalue weighted by molar-refractivity contribution is -0.124. The van der Waals surface area contributed by atoms with Crippen molar-refractivity contribution in [2.45, 2.75) is 32.0 Å². The van der Waals surface area contributed by atoms with Crippen molar-refractivity contribution in [2.75, 3.05) is 40.5 Å². The number of methoxy groups -OCH3 is 2. The van der Waals surface area contributed by atoms with Gasteiger partial charge in [-0.2, -0.15) is 0 Å². The number of aromatic nitrogens is 1. The molecule has 3 aromatic rings. The second-order valence-corrected chi connectivity index (χ2v) is 8.45. The van der Waals surface area contributed by atoms with Gasteiger partial charge in [0.25, 0.3) is 5.91 Å². The van der Waals surface area contributed by atoms with Gasteiger partial charge in [0.2, 0.25) is 0 Å². The highest BCUT2D eigenvalue weighted by atomic mass is 16.5. The van der Waals surface area contributed by atoms with Crippen LogP contribution in [0.15, 0.2) is 54.7 Å². The van der Waals surface area contributed by atoms with Gasteiger partial charge in [-0.1, -0.05) is 18.2 Å². The van der Waals surface area contributed by atoms with E-state index in [0.717, 1.165) is 61.4 Å². The molecule has 1 aliphatic heterocycles. The third-order valence-electron chi connectivity index (χ3n) is 6.19. The molecule has 1 saturated heterocycles. The second-order valence-electron chi connectivity index (χ2n) is 8.45. The average Bonchev–Trinajstić information content (AvgIpc) is 3.27. The number of fused-ring (bicyclic) bond motifs is 1. The zero-order chi connectivity index (χ0) is 23.0. The Balaban J connectivity index is 1.22. The van der Waals surface area contributed by atoms with Crippen LogP contribution in [0.25, 0.3) is 10.9 Å². The number of hydrogen-bond donors (Lipinski definition) is 1. The Bertz CT molecular complexity index is 1040. The fourth-order valence-electron chi connectivity index (χ4n) is 4.34. The van der Waals surface area contributed by atoms with Gasteiger partial charge in [0.05, 0.1) is 19.2 Å². The second kappa shape index (κ2) is 11.2. The van der Waals surface area contributed by atoms with Gasteiger partial charge < -0.3 is 24.1 Å². The molecule has 1 aliphatic rings. The number of benzene rings is 2. The van der Waals surface area contributed by atoms with Crippen LogP contribution in [-0.2, 0) is 22.6 Å². The molecule has 1 fully saturated rings. The third kappa shape index (κ3) is 6.06. The van der Waals surface area contributed by atoms with Crippen LogP contribution < -0.4 is 14.8 Å². The minimum Gasteiger partial charge on any atom is -0.497 e. The zero-order valence-corrected chi connectivity index (χ0v) is 19.5. The molecule has 4 rings (SSSR count). The van der Waals surface area contributed by atoms with Crippen molar-refractivity contribution in [3.05, 3.63) is 60.3 Å². The smallest absolute Gasteiger partial charge is 0.258 e. The van der Waals surface area contributed by atoms with Crippen molar-refractivity contribution in [1.29, 1.82) is 0 Å². The maximum Gasteiger partial charge on any atom is 0.258 e. The maximum absolute atomic E-state index is 12.5. The summed E-state index contributed by atoms with van der Waals surface area (Å²) in [5.41, 5.74) is 2.35. The monoisotopic (exact) mass is 451 g/mol. The van der Waals surface area contributed by atoms with E-state index in [1.807, 2.05) is 36.5 Å². The highest BCUT2D eigenvalue weighted by Gasteiger charge is 2.21. The molecule has 2 aromatic carbocycles. The van der Waals surface area contributed by atoms with Gasteiger partial charge in [-0.15, -0.1) is 0 Å². The van der Waals surface area contributed by atoms with Crippen LogP contribution in [0.2, 0.25) is 0 Å². The summed E-state index contributed by atoms with van der Waals surface area (Å²) in [7, 11) is 3.38. The van der Waals surface area contributed by atoms with Gasteiger partial charge in [0.1, 0.15) is 11.5 Å². The molecular weight excluding hydrogens is 418 g/mol. The predicted octanol–water partition coefficient (Wildman–Crippen LogP) is 3.46. The van der Waals surface area contributed by atoms with E-state index in [-0.39, 0.29) is 18.6 Å². The third-order valence-corrected chi connectivity index (χ3v) is 6.19. The quantitative estimate of drug-likeness (QED) is 0.512. The molecule has 0 spiro atoms. The normalized spacial score (nSPS) is 15.0. The number of carbonyl (C=O) groups is 1. The van der Waals surface area contributed by atoms with E-state index in [1.165, 1.54) is 5.56 Å². The number of rotatable bonds is 10. The summed E-state index contributed by atoms with van der Waals surface area (Å²) in [6.07, 6.45) is 3.91. The van der Waals surface area contributed by atoms with Crippen LogP contribution in [0.3, 0.4) is 0 Å². The number of ether oxygens (including phenoxy) is 3. The van der Waals surface area contributed by atoms with Crippen molar-refractivity contribution in [2.24, 2.45) is 0 Å². The van der Waals surface area contributed by atoms with Crippen LogP contribution in [0.1, 0.15) is 18.4 Å². The molecule has 2 heterocycles. The highest BCUT2D eigenvalue weighted by Crippen LogP contribution is 2.26. The first kappa shape index (κ1) is 23.1. The summed E-state index contributed by atoms with van der Waals surface area (Å²) in [4.78, 5) is 14.9. The maximum atomic E-state index is 12.5. The van der Waals surface area contributed by atoms with Crippen molar-refractivity contribution >= 4 is 16.8 Å². The Hall–Kier alpha value is -3.03. The predicted molar refractivity (Wildman–Crippen MR) is 129 cm³/mol. The molecule has 0 aliphatic carbocycles. The highest BCUT2D eigenvalue weighted by molar-refractivity contribution is 5.87. The number of piperidine rings is 1. The van der Waals surface area contributed by atoms with Crippen LogP contribution in [0.5, 0.6) is 11.5 Å². The first-order valence-electron chi connectivity index (χ1n) is 11.5. The van der Waals surface area contributed by atoms with Gasteiger partial charge in [-0.3, -0.25) is 9.69 Å². The van der Waals surface area contributed by atoms with Crippen LogP contribution in [0.4, 0.5) is 0 Å². The van der Waals surface area contributed by atoms with E-state index in [4.69, 9.17) is 14.2 Å². The van der Waals surface area contributed by atoms with E-state index >= 15 is 0 Å². The average molecular weight is 452 g/mol. The molecule has 33 heavy (non-hydrogen) atoms. The summed E-state index contributed by atoms with van der Waals surface area (Å²) in [6.45, 7) is 4.30. The fourth-order valence-corrected chi connectivity index (χ4v) is 4.34. The number of carbonyl (C=O) groups excluding carboxylic acids is 1. The van der Waals surface area contributed by atoms with Crippen molar-refractivity contribution in [3.63, 3.8) is 0 Å². The first-order chi connectivity index (χ1) is 16.2. The van der Waals surface area contributed by atoms with Gasteiger partial charge in [-0.05, 0) is 48.7 Å². The molecule has 0 unspecified atom stereocenters. The van der Waals surface area contributed by atoms with E-state index in [9.17, 15) is 4.79 Å². The molecule has 7 heteroatoms. The Morgan fingerprint density at radius 1 is 1.06 bits per heavy atom. The molecule has 7 nitrogen and oxygen atoms in total. The van der Waals surface area contributed by atoms with E-state index in [1.54, 1.807) is 14.2 Å². The van der Waals surface area contributed by atoms with Crippen LogP contribution in [-0.4, -0.2) is 61.9 Å². The Labute approximate surface area is 195 Å². The fraction of sp³-hybridized carbons (Fsp3) is 0.423. The lowest BCUT2D eigenvalue weighted by Crippen LogP contribution is -2.45. The SMILES string of the molecule is COCCn1ccc2c(OCC(=O)NC3CCN(Cc4ccc(OC)cc4)CC3)cccc21. The first-order valence-corrected chi connectivity index (χ1v) is 11.5. The van der Waals surface area contributed by atoms with Crippen molar-refractivity contribution in [3.8, 4) is 11.5 Å². The van der Waals surface area contributed by atoms with Crippen molar-refractivity contribution < 1.29 is 19.0 Å². The topological polar surface area (TPSA) is 65.0 Å². The number of likely N-dealkylation sites (tertiary alicyclic amines) is 1. The van der Waals surface area contributed by atoms with Crippen molar-refractivity contribution in [1.82, 2.24) is 14.8 Å².